The van der Waals surface area contributed by atoms with Crippen molar-refractivity contribution in [2.45, 2.75) is 34.5 Å². The number of rotatable bonds is 6. The van der Waals surface area contributed by atoms with Crippen LogP contribution in [-0.2, 0) is 14.9 Å². The van der Waals surface area contributed by atoms with Crippen molar-refractivity contribution in [1.29, 1.82) is 0 Å². The fraction of sp³-hybridized carbons (Fsp3) is 0.296. The monoisotopic (exact) mass is 462 g/mol. The lowest BCUT2D eigenvalue weighted by molar-refractivity contribution is -0.130. The number of nitrogens with zero attached hydrogens (tertiary/aromatic N) is 1. The highest BCUT2D eigenvalue weighted by molar-refractivity contribution is 7.99. The molecular formula is C27H27FN2O2S. The minimum absolute atomic E-state index is 0.0357. The fourth-order valence-electron chi connectivity index (χ4n) is 4.78. The summed E-state index contributed by atoms with van der Waals surface area (Å²) in [6.45, 7) is 2.36. The lowest BCUT2D eigenvalue weighted by Crippen LogP contribution is -2.48. The predicted octanol–water partition coefficient (Wildman–Crippen LogP) is 5.68. The molecule has 2 aliphatic rings. The normalized spacial score (nSPS) is 16.6. The first-order valence-electron chi connectivity index (χ1n) is 11.4. The molecule has 1 N–H and O–H groups in total. The zero-order chi connectivity index (χ0) is 22.7. The fourth-order valence-corrected chi connectivity index (χ4v) is 5.88. The van der Waals surface area contributed by atoms with Crippen LogP contribution >= 0.6 is 11.8 Å². The number of anilines is 2. The molecule has 0 aliphatic carbocycles. The molecule has 1 saturated heterocycles. The van der Waals surface area contributed by atoms with Crippen molar-refractivity contribution in [3.05, 3.63) is 84.2 Å². The summed E-state index contributed by atoms with van der Waals surface area (Å²) in [5.41, 5.74) is 2.40. The van der Waals surface area contributed by atoms with E-state index in [9.17, 15) is 9.18 Å². The van der Waals surface area contributed by atoms with Gasteiger partial charge in [-0.3, -0.25) is 4.79 Å². The Morgan fingerprint density at radius 1 is 0.970 bits per heavy atom. The molecule has 0 spiro atoms. The Morgan fingerprint density at radius 2 is 1.64 bits per heavy atom. The lowest BCUT2D eigenvalue weighted by atomic mass is 9.73. The Balaban J connectivity index is 1.28. The van der Waals surface area contributed by atoms with Gasteiger partial charge in [0.2, 0.25) is 5.91 Å². The van der Waals surface area contributed by atoms with Crippen LogP contribution in [-0.4, -0.2) is 32.2 Å². The van der Waals surface area contributed by atoms with Gasteiger partial charge in [-0.25, -0.2) is 4.39 Å². The third-order valence-corrected chi connectivity index (χ3v) is 7.66. The van der Waals surface area contributed by atoms with Gasteiger partial charge >= 0.3 is 0 Å². The molecule has 3 aromatic rings. The summed E-state index contributed by atoms with van der Waals surface area (Å²) in [7, 11) is 0. The molecule has 0 aromatic heterocycles. The summed E-state index contributed by atoms with van der Waals surface area (Å²) in [5.74, 6) is -0.349. The van der Waals surface area contributed by atoms with Crippen molar-refractivity contribution >= 4 is 29.0 Å². The van der Waals surface area contributed by atoms with E-state index < -0.39 is 5.41 Å². The Kier molecular flexibility index (Phi) is 6.38. The average molecular weight is 463 g/mol. The summed E-state index contributed by atoms with van der Waals surface area (Å²) in [5, 5.41) is 3.15. The molecule has 0 saturated carbocycles. The molecule has 0 unspecified atom stereocenters. The predicted molar refractivity (Wildman–Crippen MR) is 130 cm³/mol. The minimum atomic E-state index is -0.735. The van der Waals surface area contributed by atoms with Crippen LogP contribution in [0.15, 0.2) is 82.6 Å². The largest absolute Gasteiger partial charge is 0.381 e. The van der Waals surface area contributed by atoms with E-state index in [1.54, 1.807) is 17.8 Å². The SMILES string of the molecule is O=C(NCCCN1c2ccccc2Sc2ccccc21)C1(c2cccc(F)c2)CCOCC1. The number of fused-ring (bicyclic) bond motifs is 2. The van der Waals surface area contributed by atoms with E-state index in [2.05, 4.69) is 58.7 Å². The molecule has 3 aromatic carbocycles. The summed E-state index contributed by atoms with van der Waals surface area (Å²) in [6, 6.07) is 23.3. The number of carbonyl (C=O) groups excluding carboxylic acids is 1. The summed E-state index contributed by atoms with van der Waals surface area (Å²) >= 11 is 1.79. The first-order valence-corrected chi connectivity index (χ1v) is 12.2. The first kappa shape index (κ1) is 22.0. The van der Waals surface area contributed by atoms with Gasteiger partial charge in [-0.15, -0.1) is 0 Å². The number of hydrogen-bond donors (Lipinski definition) is 1. The van der Waals surface area contributed by atoms with Crippen LogP contribution in [0.4, 0.5) is 15.8 Å². The molecule has 0 radical (unpaired) electrons. The molecule has 2 heterocycles. The topological polar surface area (TPSA) is 41.6 Å². The number of para-hydroxylation sites is 2. The van der Waals surface area contributed by atoms with E-state index in [0.29, 0.717) is 32.6 Å². The first-order chi connectivity index (χ1) is 16.2. The van der Waals surface area contributed by atoms with Gasteiger partial charge in [0.25, 0.3) is 0 Å². The highest BCUT2D eigenvalue weighted by Gasteiger charge is 2.41. The van der Waals surface area contributed by atoms with Crippen molar-refractivity contribution in [2.75, 3.05) is 31.2 Å². The molecule has 4 nitrogen and oxygen atoms in total. The van der Waals surface area contributed by atoms with Crippen molar-refractivity contribution in [1.82, 2.24) is 5.32 Å². The number of nitrogens with one attached hydrogen (secondary N) is 1. The number of benzene rings is 3. The highest BCUT2D eigenvalue weighted by atomic mass is 32.2. The summed E-state index contributed by atoms with van der Waals surface area (Å²) in [4.78, 5) is 18.2. The number of hydrogen-bond acceptors (Lipinski definition) is 4. The van der Waals surface area contributed by atoms with Crippen LogP contribution in [0.2, 0.25) is 0 Å². The third kappa shape index (κ3) is 4.37. The zero-order valence-corrected chi connectivity index (χ0v) is 19.2. The number of ether oxygens (including phenoxy) is 1. The maximum Gasteiger partial charge on any atom is 0.230 e. The zero-order valence-electron chi connectivity index (χ0n) is 18.4. The molecule has 1 fully saturated rings. The van der Waals surface area contributed by atoms with Gasteiger partial charge in [0.1, 0.15) is 5.82 Å². The second kappa shape index (κ2) is 9.57. The van der Waals surface area contributed by atoms with E-state index in [1.165, 1.54) is 33.3 Å². The van der Waals surface area contributed by atoms with E-state index in [4.69, 9.17) is 4.74 Å². The van der Waals surface area contributed by atoms with Crippen LogP contribution < -0.4 is 10.2 Å². The number of halogens is 1. The van der Waals surface area contributed by atoms with Crippen LogP contribution in [0.1, 0.15) is 24.8 Å². The van der Waals surface area contributed by atoms with E-state index in [-0.39, 0.29) is 11.7 Å². The van der Waals surface area contributed by atoms with Crippen LogP contribution in [0, 0.1) is 5.82 Å². The molecule has 1 amide bonds. The van der Waals surface area contributed by atoms with Crippen molar-refractivity contribution in [3.8, 4) is 0 Å². The summed E-state index contributed by atoms with van der Waals surface area (Å²) < 4.78 is 19.5. The Labute approximate surface area is 198 Å². The lowest BCUT2D eigenvalue weighted by Gasteiger charge is -2.36. The Hall–Kier alpha value is -2.83. The van der Waals surface area contributed by atoms with Gasteiger partial charge in [-0.05, 0) is 61.2 Å². The van der Waals surface area contributed by atoms with Crippen LogP contribution in [0.25, 0.3) is 0 Å². The molecule has 170 valence electrons. The van der Waals surface area contributed by atoms with Crippen molar-refractivity contribution in [2.24, 2.45) is 0 Å². The van der Waals surface area contributed by atoms with E-state index in [1.807, 2.05) is 6.07 Å². The maximum atomic E-state index is 13.9. The van der Waals surface area contributed by atoms with Crippen molar-refractivity contribution < 1.29 is 13.9 Å². The molecule has 0 bridgehead atoms. The summed E-state index contributed by atoms with van der Waals surface area (Å²) in [6.07, 6.45) is 1.92. The molecule has 0 atom stereocenters. The third-order valence-electron chi connectivity index (χ3n) is 6.53. The minimum Gasteiger partial charge on any atom is -0.381 e. The number of amides is 1. The van der Waals surface area contributed by atoms with Gasteiger partial charge < -0.3 is 15.0 Å². The molecule has 6 heteroatoms. The Morgan fingerprint density at radius 3 is 2.30 bits per heavy atom. The average Bonchev–Trinajstić information content (AvgIpc) is 2.86. The molecule has 5 rings (SSSR count). The van der Waals surface area contributed by atoms with E-state index >= 15 is 0 Å². The molecule has 33 heavy (non-hydrogen) atoms. The van der Waals surface area contributed by atoms with E-state index in [0.717, 1.165) is 18.5 Å². The molecule has 2 aliphatic heterocycles. The standard InChI is InChI=1S/C27H27FN2O2S/c28-21-8-5-7-20(19-21)27(13-17-32-18-14-27)26(31)29-15-6-16-30-22-9-1-3-11-24(22)33-25-12-4-2-10-23(25)30/h1-5,7-12,19H,6,13-18H2,(H,29,31). The van der Waals surface area contributed by atoms with Gasteiger partial charge in [0.15, 0.2) is 0 Å². The van der Waals surface area contributed by atoms with Gasteiger partial charge in [-0.2, -0.15) is 0 Å². The highest BCUT2D eigenvalue weighted by Crippen LogP contribution is 2.47. The van der Waals surface area contributed by atoms with Crippen LogP contribution in [0.5, 0.6) is 0 Å². The Bertz CT molecular complexity index is 1100. The smallest absolute Gasteiger partial charge is 0.230 e. The second-order valence-corrected chi connectivity index (χ2v) is 9.59. The van der Waals surface area contributed by atoms with Gasteiger partial charge in [0.05, 0.1) is 16.8 Å². The number of carbonyl (C=O) groups is 1. The van der Waals surface area contributed by atoms with Gasteiger partial charge in [0, 0.05) is 36.1 Å². The molecular weight excluding hydrogens is 435 g/mol. The van der Waals surface area contributed by atoms with Crippen molar-refractivity contribution in [3.63, 3.8) is 0 Å². The van der Waals surface area contributed by atoms with Gasteiger partial charge in [-0.1, -0.05) is 48.2 Å². The van der Waals surface area contributed by atoms with Crippen LogP contribution in [0.3, 0.4) is 0 Å². The quantitative estimate of drug-likeness (QED) is 0.479. The second-order valence-electron chi connectivity index (χ2n) is 8.50. The maximum absolute atomic E-state index is 13.9.